The van der Waals surface area contributed by atoms with E-state index in [2.05, 4.69) is 9.88 Å². The first-order valence-corrected chi connectivity index (χ1v) is 10.2. The third-order valence-electron chi connectivity index (χ3n) is 5.30. The van der Waals surface area contributed by atoms with Crippen molar-refractivity contribution >= 4 is 52.8 Å². The number of barbiturate groups is 1. The van der Waals surface area contributed by atoms with Gasteiger partial charge in [-0.05, 0) is 48.7 Å². The molecule has 6 nitrogen and oxygen atoms in total. The zero-order valence-corrected chi connectivity index (χ0v) is 17.0. The van der Waals surface area contributed by atoms with Crippen molar-refractivity contribution in [3.05, 3.63) is 57.8 Å². The molecule has 0 radical (unpaired) electrons. The first-order chi connectivity index (χ1) is 13.9. The molecule has 1 saturated heterocycles. The fraction of sp³-hybridized carbons (Fsp3) is 0.286. The number of hydrogen-bond donors (Lipinski definition) is 1. The molecular formula is C21H19Cl2N3O3. The molecule has 0 atom stereocenters. The van der Waals surface area contributed by atoms with E-state index in [1.807, 2.05) is 18.5 Å². The zero-order valence-electron chi connectivity index (χ0n) is 15.5. The van der Waals surface area contributed by atoms with E-state index in [-0.39, 0.29) is 16.3 Å². The van der Waals surface area contributed by atoms with Crippen molar-refractivity contribution in [2.24, 2.45) is 0 Å². The van der Waals surface area contributed by atoms with Crippen LogP contribution in [-0.2, 0) is 9.59 Å². The quantitative estimate of drug-likeness (QED) is 0.550. The Hall–Kier alpha value is -2.57. The van der Waals surface area contributed by atoms with Crippen molar-refractivity contribution in [3.63, 3.8) is 0 Å². The van der Waals surface area contributed by atoms with Gasteiger partial charge in [-0.3, -0.25) is 14.9 Å². The number of nitrogens with one attached hydrogen (secondary N) is 1. The number of benzene rings is 1. The Balaban J connectivity index is 1.64. The smallest absolute Gasteiger partial charge is 0.335 e. The molecule has 8 heteroatoms. The minimum Gasteiger partial charge on any atom is -0.351 e. The highest BCUT2D eigenvalue weighted by Gasteiger charge is 2.37. The summed E-state index contributed by atoms with van der Waals surface area (Å²) >= 11 is 12.1. The molecule has 1 aliphatic heterocycles. The van der Waals surface area contributed by atoms with Gasteiger partial charge in [0.25, 0.3) is 11.8 Å². The number of aromatic nitrogens is 1. The van der Waals surface area contributed by atoms with Gasteiger partial charge in [-0.1, -0.05) is 42.5 Å². The van der Waals surface area contributed by atoms with Gasteiger partial charge >= 0.3 is 6.03 Å². The van der Waals surface area contributed by atoms with E-state index in [1.54, 1.807) is 0 Å². The SMILES string of the molecule is O=C1NC(=O)N(c2ccc(Cl)cc2Cl)C(=O)/C1=C\c1ccn(C2CCCCC2)c1. The molecule has 1 saturated carbocycles. The summed E-state index contributed by atoms with van der Waals surface area (Å²) in [6.07, 6.45) is 11.3. The van der Waals surface area contributed by atoms with Gasteiger partial charge in [0.2, 0.25) is 0 Å². The normalized spacial score (nSPS) is 19.7. The maximum Gasteiger partial charge on any atom is 0.335 e. The monoisotopic (exact) mass is 431 g/mol. The second-order valence-electron chi connectivity index (χ2n) is 7.24. The summed E-state index contributed by atoms with van der Waals surface area (Å²) in [6.45, 7) is 0. The molecule has 0 spiro atoms. The number of anilines is 1. The van der Waals surface area contributed by atoms with Crippen molar-refractivity contribution in [2.45, 2.75) is 38.1 Å². The number of rotatable bonds is 3. The Morgan fingerprint density at radius 1 is 1.03 bits per heavy atom. The van der Waals surface area contributed by atoms with Crippen molar-refractivity contribution in [1.82, 2.24) is 9.88 Å². The Morgan fingerprint density at radius 2 is 1.79 bits per heavy atom. The van der Waals surface area contributed by atoms with Crippen LogP contribution in [0.15, 0.2) is 42.2 Å². The van der Waals surface area contributed by atoms with Gasteiger partial charge in [0, 0.05) is 23.5 Å². The van der Waals surface area contributed by atoms with Gasteiger partial charge in [0.05, 0.1) is 10.7 Å². The molecule has 0 unspecified atom stereocenters. The summed E-state index contributed by atoms with van der Waals surface area (Å²) < 4.78 is 2.13. The molecule has 4 rings (SSSR count). The zero-order chi connectivity index (χ0) is 20.5. The highest BCUT2D eigenvalue weighted by Crippen LogP contribution is 2.32. The standard InChI is InChI=1S/C21H19Cl2N3O3/c22-14-6-7-18(17(23)11-14)26-20(28)16(19(27)24-21(26)29)10-13-8-9-25(12-13)15-4-2-1-3-5-15/h6-12,15H,1-5H2,(H,24,27,29)/b16-10-. The van der Waals surface area contributed by atoms with Gasteiger partial charge in [-0.2, -0.15) is 0 Å². The number of carbonyl (C=O) groups excluding carboxylic acids is 3. The van der Waals surface area contributed by atoms with Crippen molar-refractivity contribution < 1.29 is 14.4 Å². The van der Waals surface area contributed by atoms with E-state index >= 15 is 0 Å². The lowest BCUT2D eigenvalue weighted by atomic mass is 9.95. The third-order valence-corrected chi connectivity index (χ3v) is 5.83. The van der Waals surface area contributed by atoms with Crippen molar-refractivity contribution in [3.8, 4) is 0 Å². The molecule has 1 N–H and O–H groups in total. The van der Waals surface area contributed by atoms with Crippen LogP contribution >= 0.6 is 23.2 Å². The minimum atomic E-state index is -0.846. The highest BCUT2D eigenvalue weighted by molar-refractivity contribution is 6.42. The molecule has 0 bridgehead atoms. The van der Waals surface area contributed by atoms with Crippen LogP contribution in [0.25, 0.3) is 6.08 Å². The molecule has 2 aliphatic rings. The molecule has 29 heavy (non-hydrogen) atoms. The van der Waals surface area contributed by atoms with Gasteiger partial charge in [-0.15, -0.1) is 0 Å². The fourth-order valence-corrected chi connectivity index (χ4v) is 4.32. The van der Waals surface area contributed by atoms with E-state index < -0.39 is 17.8 Å². The second kappa shape index (κ2) is 8.05. The van der Waals surface area contributed by atoms with E-state index in [4.69, 9.17) is 23.2 Å². The van der Waals surface area contributed by atoms with Crippen LogP contribution in [0.2, 0.25) is 10.0 Å². The maximum atomic E-state index is 13.0. The first-order valence-electron chi connectivity index (χ1n) is 9.48. The number of urea groups is 1. The van der Waals surface area contributed by atoms with Gasteiger partial charge in [-0.25, -0.2) is 9.69 Å². The summed E-state index contributed by atoms with van der Waals surface area (Å²) in [6, 6.07) is 5.88. The molecule has 1 aliphatic carbocycles. The third kappa shape index (κ3) is 3.95. The van der Waals surface area contributed by atoms with E-state index in [9.17, 15) is 14.4 Å². The highest BCUT2D eigenvalue weighted by atomic mass is 35.5. The lowest BCUT2D eigenvalue weighted by Gasteiger charge is -2.27. The maximum absolute atomic E-state index is 13.0. The summed E-state index contributed by atoms with van der Waals surface area (Å²) in [5.74, 6) is -1.46. The Bertz CT molecular complexity index is 1020. The average Bonchev–Trinajstić information content (AvgIpc) is 3.16. The number of nitrogens with zero attached hydrogens (tertiary/aromatic N) is 2. The number of carbonyl (C=O) groups is 3. The number of amides is 4. The lowest BCUT2D eigenvalue weighted by molar-refractivity contribution is -0.122. The predicted octanol–water partition coefficient (Wildman–Crippen LogP) is 4.97. The lowest BCUT2D eigenvalue weighted by Crippen LogP contribution is -2.54. The van der Waals surface area contributed by atoms with Crippen molar-refractivity contribution in [2.75, 3.05) is 4.90 Å². The number of hydrogen-bond acceptors (Lipinski definition) is 3. The molecule has 2 aromatic rings. The van der Waals surface area contributed by atoms with Crippen LogP contribution < -0.4 is 10.2 Å². The van der Waals surface area contributed by atoms with Crippen molar-refractivity contribution in [1.29, 1.82) is 0 Å². The molecule has 1 aromatic heterocycles. The first kappa shape index (κ1) is 19.7. The summed E-state index contributed by atoms with van der Waals surface area (Å²) in [4.78, 5) is 38.5. The average molecular weight is 432 g/mol. The van der Waals surface area contributed by atoms with Gasteiger partial charge in [0.1, 0.15) is 5.57 Å². The molecule has 150 valence electrons. The molecule has 2 fully saturated rings. The minimum absolute atomic E-state index is 0.128. The fourth-order valence-electron chi connectivity index (χ4n) is 3.83. The molecule has 2 heterocycles. The van der Waals surface area contributed by atoms with Crippen LogP contribution in [0.1, 0.15) is 43.7 Å². The summed E-state index contributed by atoms with van der Waals surface area (Å²) in [5, 5.41) is 2.71. The Kier molecular flexibility index (Phi) is 5.48. The van der Waals surface area contributed by atoms with E-state index in [0.717, 1.165) is 23.3 Å². The second-order valence-corrected chi connectivity index (χ2v) is 8.08. The summed E-state index contributed by atoms with van der Waals surface area (Å²) in [7, 11) is 0. The topological polar surface area (TPSA) is 71.4 Å². The predicted molar refractivity (Wildman–Crippen MR) is 112 cm³/mol. The molecule has 1 aromatic carbocycles. The largest absolute Gasteiger partial charge is 0.351 e. The van der Waals surface area contributed by atoms with Crippen LogP contribution in [0, 0.1) is 0 Å². The molecular weight excluding hydrogens is 413 g/mol. The Labute approximate surface area is 178 Å². The molecule has 4 amide bonds. The van der Waals surface area contributed by atoms with Gasteiger partial charge in [0.15, 0.2) is 0 Å². The van der Waals surface area contributed by atoms with Crippen LogP contribution in [0.4, 0.5) is 10.5 Å². The van der Waals surface area contributed by atoms with Crippen LogP contribution in [0.5, 0.6) is 0 Å². The van der Waals surface area contributed by atoms with E-state index in [0.29, 0.717) is 11.1 Å². The van der Waals surface area contributed by atoms with Crippen LogP contribution in [0.3, 0.4) is 0 Å². The van der Waals surface area contributed by atoms with Crippen LogP contribution in [-0.4, -0.2) is 22.4 Å². The number of imide groups is 2. The number of halogens is 2. The summed E-state index contributed by atoms with van der Waals surface area (Å²) in [5.41, 5.74) is 0.763. The Morgan fingerprint density at radius 3 is 2.52 bits per heavy atom. The van der Waals surface area contributed by atoms with E-state index in [1.165, 1.54) is 43.5 Å². The van der Waals surface area contributed by atoms with Gasteiger partial charge < -0.3 is 4.57 Å².